The first-order valence-electron chi connectivity index (χ1n) is 3.21. The van der Waals surface area contributed by atoms with Gasteiger partial charge in [-0.3, -0.25) is 10.1 Å². The predicted octanol–water partition coefficient (Wildman–Crippen LogP) is 1.12. The molecule has 0 aliphatic carbocycles. The van der Waals surface area contributed by atoms with Crippen LogP contribution >= 0.6 is 31.9 Å². The summed E-state index contributed by atoms with van der Waals surface area (Å²) in [5.41, 5.74) is 0. The highest BCUT2D eigenvalue weighted by Gasteiger charge is 2.45. The Bertz CT molecular complexity index is 180. The zero-order valence-electron chi connectivity index (χ0n) is 6.03. The number of nitrogens with zero attached hydrogens (tertiary/aromatic N) is 1. The highest BCUT2D eigenvalue weighted by atomic mass is 79.9. The standard InChI is InChI=1S/C5H7Br2NO4/c6-1-4-11-2-5(7,3-12-4)8(9)10/h4H,1-3H2. The van der Waals surface area contributed by atoms with E-state index in [1.54, 1.807) is 0 Å². The van der Waals surface area contributed by atoms with Gasteiger partial charge in [-0.2, -0.15) is 0 Å². The van der Waals surface area contributed by atoms with Crippen molar-refractivity contribution in [3.8, 4) is 0 Å². The summed E-state index contributed by atoms with van der Waals surface area (Å²) in [4.78, 5) is 10.0. The Hall–Kier alpha value is 0.280. The van der Waals surface area contributed by atoms with Crippen molar-refractivity contribution in [3.05, 3.63) is 10.1 Å². The largest absolute Gasteiger partial charge is 0.343 e. The molecule has 0 bridgehead atoms. The van der Waals surface area contributed by atoms with E-state index in [0.29, 0.717) is 5.33 Å². The number of halogens is 2. The van der Waals surface area contributed by atoms with Gasteiger partial charge in [0.05, 0.1) is 5.33 Å². The van der Waals surface area contributed by atoms with Crippen molar-refractivity contribution in [3.63, 3.8) is 0 Å². The summed E-state index contributed by atoms with van der Waals surface area (Å²) in [6.07, 6.45) is -0.379. The molecule has 5 nitrogen and oxygen atoms in total. The molecule has 0 N–H and O–H groups in total. The molecular weight excluding hydrogens is 298 g/mol. The average molecular weight is 305 g/mol. The molecule has 1 fully saturated rings. The minimum Gasteiger partial charge on any atom is -0.343 e. The smallest absolute Gasteiger partial charge is 0.320 e. The van der Waals surface area contributed by atoms with Crippen LogP contribution in [0.1, 0.15) is 0 Å². The van der Waals surface area contributed by atoms with E-state index in [1.165, 1.54) is 0 Å². The van der Waals surface area contributed by atoms with Crippen LogP contribution in [0.5, 0.6) is 0 Å². The van der Waals surface area contributed by atoms with Crippen LogP contribution < -0.4 is 0 Å². The molecule has 1 saturated heterocycles. The highest BCUT2D eigenvalue weighted by molar-refractivity contribution is 9.10. The molecular formula is C5H7Br2NO4. The van der Waals surface area contributed by atoms with E-state index in [1.807, 2.05) is 0 Å². The minimum atomic E-state index is -1.27. The lowest BCUT2D eigenvalue weighted by Gasteiger charge is -2.28. The van der Waals surface area contributed by atoms with Gasteiger partial charge >= 0.3 is 4.45 Å². The summed E-state index contributed by atoms with van der Waals surface area (Å²) in [6.45, 7) is 0.0481. The molecule has 1 aliphatic rings. The normalized spacial score (nSPS) is 36.3. The molecule has 0 spiro atoms. The zero-order chi connectivity index (χ0) is 9.19. The first kappa shape index (κ1) is 10.4. The molecule has 7 heteroatoms. The number of alkyl halides is 2. The second-order valence-corrected chi connectivity index (χ2v) is 4.50. The molecule has 0 amide bonds. The Labute approximate surface area is 85.8 Å². The Morgan fingerprint density at radius 3 is 2.42 bits per heavy atom. The maximum atomic E-state index is 10.5. The predicted molar refractivity (Wildman–Crippen MR) is 48.1 cm³/mol. The van der Waals surface area contributed by atoms with E-state index in [0.717, 1.165) is 0 Å². The molecule has 0 aromatic carbocycles. The summed E-state index contributed by atoms with van der Waals surface area (Å²) in [5.74, 6) is 0. The fourth-order valence-corrected chi connectivity index (χ4v) is 1.36. The maximum absolute atomic E-state index is 10.5. The first-order chi connectivity index (χ1) is 5.58. The SMILES string of the molecule is O=[N+]([O-])C1(Br)COC(CBr)OC1. The monoisotopic (exact) mass is 303 g/mol. The van der Waals surface area contributed by atoms with Gasteiger partial charge in [0.25, 0.3) is 0 Å². The van der Waals surface area contributed by atoms with Crippen molar-refractivity contribution in [2.24, 2.45) is 0 Å². The lowest BCUT2D eigenvalue weighted by molar-refractivity contribution is -0.555. The third-order valence-electron chi connectivity index (χ3n) is 1.43. The Balaban J connectivity index is 2.49. The number of ether oxygens (including phenoxy) is 2. The Kier molecular flexibility index (Phi) is 3.45. The lowest BCUT2D eigenvalue weighted by Crippen LogP contribution is -2.48. The van der Waals surface area contributed by atoms with Gasteiger partial charge in [-0.05, 0) is 0 Å². The Morgan fingerprint density at radius 2 is 2.08 bits per heavy atom. The van der Waals surface area contributed by atoms with Crippen molar-refractivity contribution in [2.75, 3.05) is 18.5 Å². The van der Waals surface area contributed by atoms with Crippen LogP contribution in [0.4, 0.5) is 0 Å². The van der Waals surface area contributed by atoms with E-state index in [2.05, 4.69) is 31.9 Å². The molecule has 0 atom stereocenters. The number of hydrogen-bond donors (Lipinski definition) is 0. The topological polar surface area (TPSA) is 61.6 Å². The molecule has 0 unspecified atom stereocenters. The molecule has 1 aliphatic heterocycles. The second-order valence-electron chi connectivity index (χ2n) is 2.38. The van der Waals surface area contributed by atoms with Crippen molar-refractivity contribution in [2.45, 2.75) is 10.7 Å². The summed E-state index contributed by atoms with van der Waals surface area (Å²) >= 11 is 6.10. The number of hydrogen-bond acceptors (Lipinski definition) is 4. The molecule has 0 saturated carbocycles. The van der Waals surface area contributed by atoms with Crippen molar-refractivity contribution in [1.29, 1.82) is 0 Å². The molecule has 0 aromatic heterocycles. The van der Waals surface area contributed by atoms with Crippen LogP contribution in [-0.4, -0.2) is 34.2 Å². The average Bonchev–Trinajstić information content (AvgIpc) is 2.06. The van der Waals surface area contributed by atoms with Gasteiger partial charge in [0.1, 0.15) is 13.2 Å². The van der Waals surface area contributed by atoms with E-state index < -0.39 is 9.37 Å². The van der Waals surface area contributed by atoms with Crippen LogP contribution in [0.2, 0.25) is 0 Å². The number of nitro groups is 1. The van der Waals surface area contributed by atoms with Crippen molar-refractivity contribution >= 4 is 31.9 Å². The van der Waals surface area contributed by atoms with Crippen molar-refractivity contribution < 1.29 is 14.4 Å². The van der Waals surface area contributed by atoms with Gasteiger partial charge < -0.3 is 9.47 Å². The van der Waals surface area contributed by atoms with Gasteiger partial charge in [0, 0.05) is 20.9 Å². The third-order valence-corrected chi connectivity index (χ3v) is 2.71. The van der Waals surface area contributed by atoms with Gasteiger partial charge in [0.15, 0.2) is 6.29 Å². The molecule has 1 rings (SSSR count). The van der Waals surface area contributed by atoms with E-state index in [4.69, 9.17) is 9.47 Å². The molecule has 0 aromatic rings. The van der Waals surface area contributed by atoms with Gasteiger partial charge in [-0.15, -0.1) is 0 Å². The molecule has 0 radical (unpaired) electrons. The zero-order valence-corrected chi connectivity index (χ0v) is 9.21. The fourth-order valence-electron chi connectivity index (χ4n) is 0.726. The van der Waals surface area contributed by atoms with Crippen LogP contribution in [0.3, 0.4) is 0 Å². The van der Waals surface area contributed by atoms with Crippen LogP contribution in [0, 0.1) is 10.1 Å². The van der Waals surface area contributed by atoms with E-state index in [-0.39, 0.29) is 19.5 Å². The van der Waals surface area contributed by atoms with Crippen LogP contribution in [0.25, 0.3) is 0 Å². The summed E-state index contributed by atoms with van der Waals surface area (Å²) < 4.78 is 8.82. The third kappa shape index (κ3) is 2.15. The summed E-state index contributed by atoms with van der Waals surface area (Å²) in [7, 11) is 0. The van der Waals surface area contributed by atoms with Gasteiger partial charge in [0.2, 0.25) is 0 Å². The first-order valence-corrected chi connectivity index (χ1v) is 5.12. The quantitative estimate of drug-likeness (QED) is 0.332. The van der Waals surface area contributed by atoms with Crippen LogP contribution in [-0.2, 0) is 9.47 Å². The van der Waals surface area contributed by atoms with Gasteiger partial charge in [-0.1, -0.05) is 15.9 Å². The molecule has 1 heterocycles. The lowest BCUT2D eigenvalue weighted by atomic mass is 10.3. The second kappa shape index (κ2) is 3.99. The molecule has 70 valence electrons. The fraction of sp³-hybridized carbons (Fsp3) is 1.00. The summed E-state index contributed by atoms with van der Waals surface area (Å²) in [6, 6.07) is 0. The molecule has 12 heavy (non-hydrogen) atoms. The maximum Gasteiger partial charge on any atom is 0.320 e. The van der Waals surface area contributed by atoms with E-state index in [9.17, 15) is 10.1 Å². The van der Waals surface area contributed by atoms with Gasteiger partial charge in [-0.25, -0.2) is 0 Å². The minimum absolute atomic E-state index is 0.0241. The summed E-state index contributed by atoms with van der Waals surface area (Å²) in [5, 5.41) is 11.0. The highest BCUT2D eigenvalue weighted by Crippen LogP contribution is 2.25. The Morgan fingerprint density at radius 1 is 1.58 bits per heavy atom. The van der Waals surface area contributed by atoms with E-state index >= 15 is 0 Å². The number of rotatable bonds is 2. The van der Waals surface area contributed by atoms with Crippen LogP contribution in [0.15, 0.2) is 0 Å². The van der Waals surface area contributed by atoms with Crippen molar-refractivity contribution in [1.82, 2.24) is 0 Å².